The highest BCUT2D eigenvalue weighted by atomic mass is 32.1. The van der Waals surface area contributed by atoms with Crippen LogP contribution in [0.2, 0.25) is 0 Å². The number of nitrogens with one attached hydrogen (secondary N) is 1. The van der Waals surface area contributed by atoms with Gasteiger partial charge in [-0.05, 0) is 60.0 Å². The number of hydrogen-bond acceptors (Lipinski definition) is 3. The van der Waals surface area contributed by atoms with Gasteiger partial charge in [-0.25, -0.2) is 0 Å². The molecule has 1 aromatic carbocycles. The second-order valence-corrected chi connectivity index (χ2v) is 6.25. The number of thiophene rings is 1. The van der Waals surface area contributed by atoms with E-state index in [1.165, 1.54) is 10.4 Å². The van der Waals surface area contributed by atoms with E-state index >= 15 is 0 Å². The highest BCUT2D eigenvalue weighted by molar-refractivity contribution is 7.10. The van der Waals surface area contributed by atoms with Crippen LogP contribution in [0.5, 0.6) is 0 Å². The number of nitrogen functional groups attached to an aromatic ring is 1. The first-order valence-corrected chi connectivity index (χ1v) is 8.01. The fourth-order valence-electron chi connectivity index (χ4n) is 2.64. The summed E-state index contributed by atoms with van der Waals surface area (Å²) < 4.78 is 0. The molecule has 0 fully saturated rings. The molecule has 1 aromatic heterocycles. The van der Waals surface area contributed by atoms with Crippen LogP contribution in [-0.4, -0.2) is 5.91 Å². The number of benzene rings is 1. The molecule has 0 aliphatic heterocycles. The minimum absolute atomic E-state index is 0.0455. The smallest absolute Gasteiger partial charge is 0.244 e. The number of carbonyl (C=O) groups excluding carboxylic acids is 1. The number of fused-ring (bicyclic) bond motifs is 1. The van der Waals surface area contributed by atoms with Gasteiger partial charge in [0.25, 0.3) is 0 Å². The van der Waals surface area contributed by atoms with Gasteiger partial charge in [-0.1, -0.05) is 12.1 Å². The zero-order valence-corrected chi connectivity index (χ0v) is 12.5. The molecule has 4 heteroatoms. The quantitative estimate of drug-likeness (QED) is 0.672. The molecule has 1 aliphatic rings. The lowest BCUT2D eigenvalue weighted by molar-refractivity contribution is -0.117. The molecule has 0 saturated carbocycles. The van der Waals surface area contributed by atoms with E-state index in [9.17, 15) is 4.79 Å². The van der Waals surface area contributed by atoms with Crippen molar-refractivity contribution in [3.8, 4) is 0 Å². The van der Waals surface area contributed by atoms with Crippen LogP contribution in [0.15, 0.2) is 41.8 Å². The van der Waals surface area contributed by atoms with Crippen LogP contribution in [0, 0.1) is 0 Å². The SMILES string of the molecule is Nc1ccc(/C=C/C(=O)NC2CCCc3sccc32)cc1. The van der Waals surface area contributed by atoms with Gasteiger partial charge in [-0.2, -0.15) is 0 Å². The van der Waals surface area contributed by atoms with Crippen LogP contribution in [0.1, 0.15) is 34.9 Å². The molecule has 2 aromatic rings. The van der Waals surface area contributed by atoms with E-state index in [2.05, 4.69) is 16.8 Å². The minimum atomic E-state index is -0.0455. The summed E-state index contributed by atoms with van der Waals surface area (Å²) in [6.07, 6.45) is 6.70. The zero-order chi connectivity index (χ0) is 14.7. The molecule has 3 N–H and O–H groups in total. The summed E-state index contributed by atoms with van der Waals surface area (Å²) in [6, 6.07) is 9.75. The van der Waals surface area contributed by atoms with Crippen molar-refractivity contribution in [2.24, 2.45) is 0 Å². The van der Waals surface area contributed by atoms with Gasteiger partial charge < -0.3 is 11.1 Å². The van der Waals surface area contributed by atoms with Crippen molar-refractivity contribution in [3.63, 3.8) is 0 Å². The Labute approximate surface area is 128 Å². The van der Waals surface area contributed by atoms with Crippen LogP contribution in [0.4, 0.5) is 5.69 Å². The predicted octanol–water partition coefficient (Wildman–Crippen LogP) is 3.54. The lowest BCUT2D eigenvalue weighted by Gasteiger charge is -2.23. The van der Waals surface area contributed by atoms with Gasteiger partial charge in [0, 0.05) is 16.6 Å². The Morgan fingerprint density at radius 1 is 1.29 bits per heavy atom. The Bertz CT molecular complexity index is 658. The lowest BCUT2D eigenvalue weighted by Crippen LogP contribution is -2.28. The molecule has 1 aliphatic carbocycles. The Kier molecular flexibility index (Phi) is 4.06. The summed E-state index contributed by atoms with van der Waals surface area (Å²) in [5, 5.41) is 5.21. The van der Waals surface area contributed by atoms with Gasteiger partial charge in [0.1, 0.15) is 0 Å². The maximum atomic E-state index is 12.1. The molecule has 21 heavy (non-hydrogen) atoms. The van der Waals surface area contributed by atoms with E-state index in [1.54, 1.807) is 17.4 Å². The molecule has 1 unspecified atom stereocenters. The van der Waals surface area contributed by atoms with Gasteiger partial charge in [-0.15, -0.1) is 11.3 Å². The second kappa shape index (κ2) is 6.14. The average molecular weight is 298 g/mol. The molecule has 1 heterocycles. The number of aryl methyl sites for hydroxylation is 1. The summed E-state index contributed by atoms with van der Waals surface area (Å²) in [4.78, 5) is 13.5. The first-order chi connectivity index (χ1) is 10.2. The van der Waals surface area contributed by atoms with Crippen LogP contribution >= 0.6 is 11.3 Å². The molecule has 108 valence electrons. The molecule has 3 nitrogen and oxygen atoms in total. The first-order valence-electron chi connectivity index (χ1n) is 7.13. The van der Waals surface area contributed by atoms with Crippen molar-refractivity contribution in [1.29, 1.82) is 0 Å². The van der Waals surface area contributed by atoms with E-state index in [0.29, 0.717) is 0 Å². The predicted molar refractivity (Wildman–Crippen MR) is 88.0 cm³/mol. The Hall–Kier alpha value is -2.07. The van der Waals surface area contributed by atoms with Crippen LogP contribution in [0.3, 0.4) is 0 Å². The van der Waals surface area contributed by atoms with E-state index < -0.39 is 0 Å². The van der Waals surface area contributed by atoms with Gasteiger partial charge >= 0.3 is 0 Å². The summed E-state index contributed by atoms with van der Waals surface area (Å²) in [7, 11) is 0. The number of anilines is 1. The second-order valence-electron chi connectivity index (χ2n) is 5.25. The van der Waals surface area contributed by atoms with E-state index in [0.717, 1.165) is 30.5 Å². The number of rotatable bonds is 3. The van der Waals surface area contributed by atoms with E-state index in [-0.39, 0.29) is 11.9 Å². The highest BCUT2D eigenvalue weighted by Crippen LogP contribution is 2.33. The zero-order valence-electron chi connectivity index (χ0n) is 11.7. The largest absolute Gasteiger partial charge is 0.399 e. The molecule has 0 bridgehead atoms. The topological polar surface area (TPSA) is 55.1 Å². The van der Waals surface area contributed by atoms with Crippen LogP contribution < -0.4 is 11.1 Å². The standard InChI is InChI=1S/C17H18N2OS/c18-13-7-4-12(5-8-13)6-9-17(20)19-15-2-1-3-16-14(15)10-11-21-16/h4-11,15H,1-3,18H2,(H,19,20)/b9-6+. The number of amides is 1. The average Bonchev–Trinajstić information content (AvgIpc) is 2.96. The molecule has 1 atom stereocenters. The molecule has 3 rings (SSSR count). The fraction of sp³-hybridized carbons (Fsp3) is 0.235. The maximum Gasteiger partial charge on any atom is 0.244 e. The lowest BCUT2D eigenvalue weighted by atomic mass is 9.94. The van der Waals surface area contributed by atoms with Gasteiger partial charge in [0.2, 0.25) is 5.91 Å². The normalized spacial score (nSPS) is 17.6. The van der Waals surface area contributed by atoms with E-state index in [4.69, 9.17) is 5.73 Å². The molecule has 0 saturated heterocycles. The molecule has 0 radical (unpaired) electrons. The Morgan fingerprint density at radius 3 is 2.90 bits per heavy atom. The van der Waals surface area contributed by atoms with Crippen molar-refractivity contribution in [3.05, 3.63) is 57.8 Å². The third-order valence-corrected chi connectivity index (χ3v) is 4.73. The minimum Gasteiger partial charge on any atom is -0.399 e. The maximum absolute atomic E-state index is 12.1. The number of carbonyl (C=O) groups is 1. The third-order valence-electron chi connectivity index (χ3n) is 3.73. The summed E-state index contributed by atoms with van der Waals surface area (Å²) >= 11 is 1.79. The Balaban J connectivity index is 1.64. The molecular weight excluding hydrogens is 280 g/mol. The molecule has 0 spiro atoms. The Morgan fingerprint density at radius 2 is 2.10 bits per heavy atom. The number of nitrogens with two attached hydrogens (primary N) is 1. The van der Waals surface area contributed by atoms with Crippen molar-refractivity contribution in [2.45, 2.75) is 25.3 Å². The van der Waals surface area contributed by atoms with Crippen LogP contribution in [0.25, 0.3) is 6.08 Å². The summed E-state index contributed by atoms with van der Waals surface area (Å²) in [5.41, 5.74) is 8.63. The van der Waals surface area contributed by atoms with Gasteiger partial charge in [0.05, 0.1) is 6.04 Å². The summed E-state index contributed by atoms with van der Waals surface area (Å²) in [6.45, 7) is 0. The van der Waals surface area contributed by atoms with Crippen molar-refractivity contribution >= 4 is 29.0 Å². The van der Waals surface area contributed by atoms with Crippen molar-refractivity contribution in [2.75, 3.05) is 5.73 Å². The van der Waals surface area contributed by atoms with Gasteiger partial charge in [0.15, 0.2) is 0 Å². The van der Waals surface area contributed by atoms with Crippen molar-refractivity contribution < 1.29 is 4.79 Å². The highest BCUT2D eigenvalue weighted by Gasteiger charge is 2.21. The molecule has 1 amide bonds. The fourth-order valence-corrected chi connectivity index (χ4v) is 3.62. The van der Waals surface area contributed by atoms with E-state index in [1.807, 2.05) is 30.3 Å². The van der Waals surface area contributed by atoms with Crippen molar-refractivity contribution in [1.82, 2.24) is 5.32 Å². The number of hydrogen-bond donors (Lipinski definition) is 2. The summed E-state index contributed by atoms with van der Waals surface area (Å²) in [5.74, 6) is -0.0455. The third kappa shape index (κ3) is 3.34. The van der Waals surface area contributed by atoms with Gasteiger partial charge in [-0.3, -0.25) is 4.79 Å². The monoisotopic (exact) mass is 298 g/mol. The van der Waals surface area contributed by atoms with Crippen LogP contribution in [-0.2, 0) is 11.2 Å². The molecular formula is C17H18N2OS. The first kappa shape index (κ1) is 13.9.